The standard InChI is InChI=1S/C20H14Cl2F3N3O2S/c1-30-13-5-2-11(3-6-13)16-9-17(20(23,24)25)28-19(27-16)31-10-18(29)26-15-7-4-12(21)8-14(15)22/h2-9H,10H2,1H3,(H,26,29). The largest absolute Gasteiger partial charge is 0.497 e. The predicted molar refractivity (Wildman–Crippen MR) is 115 cm³/mol. The van der Waals surface area contributed by atoms with Crippen LogP contribution in [0, 0.1) is 0 Å². The van der Waals surface area contributed by atoms with Crippen molar-refractivity contribution in [1.82, 2.24) is 9.97 Å². The van der Waals surface area contributed by atoms with Crippen LogP contribution in [0.2, 0.25) is 10.0 Å². The molecule has 11 heteroatoms. The molecule has 0 unspecified atom stereocenters. The fourth-order valence-electron chi connectivity index (χ4n) is 2.45. The first-order valence-corrected chi connectivity index (χ1v) is 10.4. The van der Waals surface area contributed by atoms with Gasteiger partial charge in [0.2, 0.25) is 5.91 Å². The molecule has 0 aliphatic rings. The van der Waals surface area contributed by atoms with E-state index in [0.29, 0.717) is 22.0 Å². The number of amides is 1. The zero-order valence-electron chi connectivity index (χ0n) is 15.8. The number of carbonyl (C=O) groups is 1. The summed E-state index contributed by atoms with van der Waals surface area (Å²) in [4.78, 5) is 19.9. The first-order chi connectivity index (χ1) is 14.7. The fraction of sp³-hybridized carbons (Fsp3) is 0.150. The highest BCUT2D eigenvalue weighted by molar-refractivity contribution is 7.99. The molecule has 3 rings (SSSR count). The monoisotopic (exact) mass is 487 g/mol. The number of halogens is 5. The van der Waals surface area contributed by atoms with Crippen molar-refractivity contribution in [2.75, 3.05) is 18.2 Å². The van der Waals surface area contributed by atoms with Gasteiger partial charge >= 0.3 is 6.18 Å². The normalized spacial score (nSPS) is 11.3. The van der Waals surface area contributed by atoms with E-state index in [2.05, 4.69) is 15.3 Å². The van der Waals surface area contributed by atoms with Gasteiger partial charge in [-0.2, -0.15) is 13.2 Å². The molecular formula is C20H14Cl2F3N3O2S. The van der Waals surface area contributed by atoms with Crippen molar-refractivity contribution in [3.8, 4) is 17.0 Å². The number of nitrogens with zero attached hydrogens (tertiary/aromatic N) is 2. The van der Waals surface area contributed by atoms with Crippen LogP contribution in [0.15, 0.2) is 53.7 Å². The molecule has 0 spiro atoms. The van der Waals surface area contributed by atoms with Gasteiger partial charge in [0.05, 0.1) is 29.3 Å². The summed E-state index contributed by atoms with van der Waals surface area (Å²) in [6.45, 7) is 0. The van der Waals surface area contributed by atoms with Crippen molar-refractivity contribution in [2.45, 2.75) is 11.3 Å². The van der Waals surface area contributed by atoms with Gasteiger partial charge < -0.3 is 10.1 Å². The summed E-state index contributed by atoms with van der Waals surface area (Å²) in [5, 5.41) is 3.03. The molecule has 162 valence electrons. The molecule has 1 amide bonds. The third-order valence-corrected chi connectivity index (χ3v) is 5.31. The molecule has 0 atom stereocenters. The summed E-state index contributed by atoms with van der Waals surface area (Å²) >= 11 is 12.6. The predicted octanol–water partition coefficient (Wildman–Crippen LogP) is 6.21. The van der Waals surface area contributed by atoms with E-state index in [4.69, 9.17) is 27.9 Å². The van der Waals surface area contributed by atoms with E-state index >= 15 is 0 Å². The van der Waals surface area contributed by atoms with Gasteiger partial charge in [-0.25, -0.2) is 9.97 Å². The van der Waals surface area contributed by atoms with Crippen molar-refractivity contribution in [2.24, 2.45) is 0 Å². The van der Waals surface area contributed by atoms with Crippen LogP contribution in [-0.4, -0.2) is 28.7 Å². The maximum absolute atomic E-state index is 13.3. The lowest BCUT2D eigenvalue weighted by molar-refractivity contribution is -0.141. The van der Waals surface area contributed by atoms with Gasteiger partial charge in [0.1, 0.15) is 11.4 Å². The van der Waals surface area contributed by atoms with Crippen molar-refractivity contribution in [3.63, 3.8) is 0 Å². The minimum Gasteiger partial charge on any atom is -0.497 e. The Balaban J connectivity index is 1.80. The van der Waals surface area contributed by atoms with Gasteiger partial charge in [-0.05, 0) is 48.5 Å². The lowest BCUT2D eigenvalue weighted by atomic mass is 10.1. The van der Waals surface area contributed by atoms with Crippen LogP contribution >= 0.6 is 35.0 Å². The minimum absolute atomic E-state index is 0.0774. The van der Waals surface area contributed by atoms with Gasteiger partial charge in [-0.3, -0.25) is 4.79 Å². The molecule has 1 heterocycles. The molecule has 0 aliphatic carbocycles. The Hall–Kier alpha value is -2.49. The molecule has 31 heavy (non-hydrogen) atoms. The number of benzene rings is 2. The summed E-state index contributed by atoms with van der Waals surface area (Å²) in [6, 6.07) is 11.8. The summed E-state index contributed by atoms with van der Waals surface area (Å²) in [5.41, 5.74) is -0.237. The summed E-state index contributed by atoms with van der Waals surface area (Å²) in [5.74, 6) is -0.148. The first kappa shape index (κ1) is 23.2. The Morgan fingerprint density at radius 1 is 1.10 bits per heavy atom. The van der Waals surface area contributed by atoms with E-state index < -0.39 is 17.8 Å². The van der Waals surface area contributed by atoms with Crippen molar-refractivity contribution in [1.29, 1.82) is 0 Å². The van der Waals surface area contributed by atoms with E-state index in [0.717, 1.165) is 17.8 Å². The highest BCUT2D eigenvalue weighted by atomic mass is 35.5. The molecule has 0 saturated carbocycles. The van der Waals surface area contributed by atoms with Gasteiger partial charge in [-0.15, -0.1) is 0 Å². The number of aromatic nitrogens is 2. The van der Waals surface area contributed by atoms with Crippen molar-refractivity contribution < 1.29 is 22.7 Å². The van der Waals surface area contributed by atoms with Crippen LogP contribution in [0.4, 0.5) is 18.9 Å². The molecule has 0 radical (unpaired) electrons. The van der Waals surface area contributed by atoms with Gasteiger partial charge in [-0.1, -0.05) is 35.0 Å². The van der Waals surface area contributed by atoms with E-state index in [1.807, 2.05) is 0 Å². The third-order valence-electron chi connectivity index (χ3n) is 3.92. The maximum Gasteiger partial charge on any atom is 0.433 e. The number of thioether (sulfide) groups is 1. The summed E-state index contributed by atoms with van der Waals surface area (Å²) < 4.78 is 45.0. The maximum atomic E-state index is 13.3. The molecule has 0 aliphatic heterocycles. The molecule has 5 nitrogen and oxygen atoms in total. The number of anilines is 1. The zero-order valence-corrected chi connectivity index (χ0v) is 18.2. The van der Waals surface area contributed by atoms with Crippen molar-refractivity contribution in [3.05, 3.63) is 64.3 Å². The summed E-state index contributed by atoms with van der Waals surface area (Å²) in [7, 11) is 1.48. The van der Waals surface area contributed by atoms with Crippen LogP contribution < -0.4 is 10.1 Å². The number of carbonyl (C=O) groups excluding carboxylic acids is 1. The number of rotatable bonds is 6. The number of hydrogen-bond acceptors (Lipinski definition) is 5. The smallest absolute Gasteiger partial charge is 0.433 e. The van der Waals surface area contributed by atoms with Crippen LogP contribution in [0.3, 0.4) is 0 Å². The highest BCUT2D eigenvalue weighted by Gasteiger charge is 2.34. The van der Waals surface area contributed by atoms with E-state index in [1.54, 1.807) is 30.3 Å². The minimum atomic E-state index is -4.67. The molecule has 0 saturated heterocycles. The average Bonchev–Trinajstić information content (AvgIpc) is 2.73. The number of hydrogen-bond donors (Lipinski definition) is 1. The van der Waals surface area contributed by atoms with E-state index in [9.17, 15) is 18.0 Å². The second-order valence-corrected chi connectivity index (χ2v) is 7.89. The quantitative estimate of drug-likeness (QED) is 0.330. The van der Waals surface area contributed by atoms with Gasteiger partial charge in [0.25, 0.3) is 0 Å². The fourth-order valence-corrected chi connectivity index (χ4v) is 3.57. The van der Waals surface area contributed by atoms with Crippen LogP contribution in [0.25, 0.3) is 11.3 Å². The van der Waals surface area contributed by atoms with Crippen LogP contribution in [-0.2, 0) is 11.0 Å². The number of nitrogens with one attached hydrogen (secondary N) is 1. The first-order valence-electron chi connectivity index (χ1n) is 8.64. The summed E-state index contributed by atoms with van der Waals surface area (Å²) in [6.07, 6.45) is -4.67. The molecule has 3 aromatic rings. The Kier molecular flexibility index (Phi) is 7.30. The third kappa shape index (κ3) is 6.25. The van der Waals surface area contributed by atoms with Gasteiger partial charge in [0.15, 0.2) is 5.16 Å². The van der Waals surface area contributed by atoms with Crippen molar-refractivity contribution >= 4 is 46.6 Å². The number of methoxy groups -OCH3 is 1. The van der Waals surface area contributed by atoms with Gasteiger partial charge in [0, 0.05) is 10.6 Å². The molecule has 2 aromatic carbocycles. The Bertz CT molecular complexity index is 1100. The second-order valence-electron chi connectivity index (χ2n) is 6.11. The lowest BCUT2D eigenvalue weighted by Gasteiger charge is -2.11. The van der Waals surface area contributed by atoms with Crippen LogP contribution in [0.1, 0.15) is 5.69 Å². The Morgan fingerprint density at radius 2 is 1.81 bits per heavy atom. The highest BCUT2D eigenvalue weighted by Crippen LogP contribution is 2.32. The zero-order chi connectivity index (χ0) is 22.6. The lowest BCUT2D eigenvalue weighted by Crippen LogP contribution is -2.15. The number of alkyl halides is 3. The molecular weight excluding hydrogens is 474 g/mol. The molecule has 0 bridgehead atoms. The van der Waals surface area contributed by atoms with E-state index in [1.165, 1.54) is 19.2 Å². The SMILES string of the molecule is COc1ccc(-c2cc(C(F)(F)F)nc(SCC(=O)Nc3ccc(Cl)cc3Cl)n2)cc1. The number of ether oxygens (including phenoxy) is 1. The van der Waals surface area contributed by atoms with E-state index in [-0.39, 0.29) is 21.6 Å². The Labute approximate surface area is 189 Å². The molecule has 1 aromatic heterocycles. The topological polar surface area (TPSA) is 64.1 Å². The van der Waals surface area contributed by atoms with Crippen LogP contribution in [0.5, 0.6) is 5.75 Å². The second kappa shape index (κ2) is 9.76. The Morgan fingerprint density at radius 3 is 2.42 bits per heavy atom. The molecule has 1 N–H and O–H groups in total. The average molecular weight is 488 g/mol. The molecule has 0 fully saturated rings.